The molecule has 1 aromatic carbocycles. The molecule has 0 saturated carbocycles. The van der Waals surface area contributed by atoms with Crippen molar-refractivity contribution >= 4 is 0 Å². The van der Waals surface area contributed by atoms with Gasteiger partial charge in [0.05, 0.1) is 11.2 Å². The lowest BCUT2D eigenvalue weighted by atomic mass is 9.96. The second-order valence-electron chi connectivity index (χ2n) is 6.61. The average molecular weight is 308 g/mol. The highest BCUT2D eigenvalue weighted by Crippen LogP contribution is 2.20. The summed E-state index contributed by atoms with van der Waals surface area (Å²) < 4.78 is 12.9. The van der Waals surface area contributed by atoms with Crippen LogP contribution in [0.25, 0.3) is 0 Å². The highest BCUT2D eigenvalue weighted by Gasteiger charge is 2.25. The van der Waals surface area contributed by atoms with Gasteiger partial charge >= 0.3 is 0 Å². The van der Waals surface area contributed by atoms with Crippen molar-refractivity contribution in [3.63, 3.8) is 0 Å². The molecule has 0 heterocycles. The van der Waals surface area contributed by atoms with Crippen molar-refractivity contribution in [1.29, 1.82) is 0 Å². The Morgan fingerprint density at radius 3 is 2.27 bits per heavy atom. The zero-order valence-corrected chi connectivity index (χ0v) is 13.9. The van der Waals surface area contributed by atoms with Crippen LogP contribution in [0.2, 0.25) is 0 Å². The molecule has 0 aliphatic rings. The zero-order valence-electron chi connectivity index (χ0n) is 13.9. The van der Waals surface area contributed by atoms with Gasteiger partial charge in [0, 0.05) is 12.0 Å². The Kier molecular flexibility index (Phi) is 6.55. The van der Waals surface area contributed by atoms with Crippen molar-refractivity contribution < 1.29 is 19.3 Å². The van der Waals surface area contributed by atoms with Gasteiger partial charge in [-0.15, -0.1) is 0 Å². The molecule has 0 radical (unpaired) electrons. The summed E-state index contributed by atoms with van der Waals surface area (Å²) in [6.07, 6.45) is 0.341. The molecule has 0 amide bonds. The van der Waals surface area contributed by atoms with Crippen molar-refractivity contribution in [1.82, 2.24) is 0 Å². The van der Waals surface area contributed by atoms with Crippen molar-refractivity contribution in [2.75, 3.05) is 0 Å². The predicted octanol–water partition coefficient (Wildman–Crippen LogP) is 3.84. The van der Waals surface area contributed by atoms with Gasteiger partial charge in [-0.1, -0.05) is 18.8 Å². The van der Waals surface area contributed by atoms with E-state index in [2.05, 4.69) is 11.8 Å². The molecule has 2 unspecified atom stereocenters. The Balaban J connectivity index is 2.83. The second kappa shape index (κ2) is 7.73. The minimum Gasteiger partial charge on any atom is -0.390 e. The molecule has 4 heteroatoms. The fraction of sp³-hybridized carbons (Fsp3) is 0.556. The van der Waals surface area contributed by atoms with E-state index in [1.54, 1.807) is 19.1 Å². The van der Waals surface area contributed by atoms with Crippen LogP contribution in [-0.4, -0.2) is 22.4 Å². The lowest BCUT2D eigenvalue weighted by Crippen LogP contribution is -2.32. The summed E-state index contributed by atoms with van der Waals surface area (Å²) in [7, 11) is 0. The largest absolute Gasteiger partial charge is 0.390 e. The third-order valence-corrected chi connectivity index (χ3v) is 3.02. The molecule has 3 nitrogen and oxygen atoms in total. The maximum Gasteiger partial charge on any atom is 0.156 e. The molecule has 0 aromatic heterocycles. The molecule has 2 atom stereocenters. The molecular weight excluding hydrogens is 283 g/mol. The van der Waals surface area contributed by atoms with Gasteiger partial charge in [-0.2, -0.15) is 0 Å². The summed E-state index contributed by atoms with van der Waals surface area (Å²) in [5.74, 6) is 5.56. The van der Waals surface area contributed by atoms with Crippen molar-refractivity contribution in [3.05, 3.63) is 35.6 Å². The molecule has 0 saturated heterocycles. The quantitative estimate of drug-likeness (QED) is 0.510. The van der Waals surface area contributed by atoms with Crippen LogP contribution in [-0.2, 0) is 9.78 Å². The van der Waals surface area contributed by atoms with Crippen LogP contribution in [0.1, 0.15) is 53.0 Å². The summed E-state index contributed by atoms with van der Waals surface area (Å²) in [4.78, 5) is 10.7. The molecular formula is C18H25FO3. The molecule has 1 N–H and O–H groups in total. The van der Waals surface area contributed by atoms with Gasteiger partial charge in [-0.25, -0.2) is 14.2 Å². The Morgan fingerprint density at radius 2 is 1.77 bits per heavy atom. The van der Waals surface area contributed by atoms with Gasteiger partial charge < -0.3 is 5.11 Å². The van der Waals surface area contributed by atoms with Crippen molar-refractivity contribution in [2.24, 2.45) is 0 Å². The van der Waals surface area contributed by atoms with Gasteiger partial charge in [-0.05, 0) is 58.4 Å². The lowest BCUT2D eigenvalue weighted by molar-refractivity contribution is -0.366. The molecule has 0 aliphatic heterocycles. The maximum atomic E-state index is 12.9. The average Bonchev–Trinajstić information content (AvgIpc) is 2.42. The van der Waals surface area contributed by atoms with Crippen LogP contribution in [0.15, 0.2) is 24.3 Å². The number of halogens is 1. The number of hydrogen-bond acceptors (Lipinski definition) is 3. The van der Waals surface area contributed by atoms with Gasteiger partial charge in [0.2, 0.25) is 0 Å². The van der Waals surface area contributed by atoms with Crippen LogP contribution in [0.5, 0.6) is 0 Å². The van der Waals surface area contributed by atoms with E-state index in [4.69, 9.17) is 9.78 Å². The molecule has 1 aromatic rings. The third kappa shape index (κ3) is 7.56. The monoisotopic (exact) mass is 308 g/mol. The van der Waals surface area contributed by atoms with Crippen molar-refractivity contribution in [3.8, 4) is 11.8 Å². The summed E-state index contributed by atoms with van der Waals surface area (Å²) in [6.45, 7) is 9.25. The third-order valence-electron chi connectivity index (χ3n) is 3.02. The van der Waals surface area contributed by atoms with E-state index in [9.17, 15) is 9.50 Å². The normalized spacial score (nSPS) is 15.6. The highest BCUT2D eigenvalue weighted by atomic mass is 19.1. The van der Waals surface area contributed by atoms with Gasteiger partial charge in [0.25, 0.3) is 0 Å². The van der Waals surface area contributed by atoms with E-state index >= 15 is 0 Å². The number of hydrogen-bond donors (Lipinski definition) is 1. The molecule has 122 valence electrons. The predicted molar refractivity (Wildman–Crippen MR) is 84.5 cm³/mol. The topological polar surface area (TPSA) is 38.7 Å². The molecule has 0 fully saturated rings. The Labute approximate surface area is 132 Å². The fourth-order valence-electron chi connectivity index (χ4n) is 1.55. The summed E-state index contributed by atoms with van der Waals surface area (Å²) in [5.41, 5.74) is -0.668. The Morgan fingerprint density at radius 1 is 1.18 bits per heavy atom. The molecule has 0 spiro atoms. The Bertz CT molecular complexity index is 518. The number of aliphatic hydroxyl groups is 1. The first-order chi connectivity index (χ1) is 10.1. The number of benzene rings is 1. The molecule has 22 heavy (non-hydrogen) atoms. The van der Waals surface area contributed by atoms with E-state index < -0.39 is 17.3 Å². The standard InChI is InChI=1S/C18H25FO3/c1-6-18(5,20)13-16(21-22-17(2,3)4)12-9-14-7-10-15(19)11-8-14/h7-8,10-11,16,20H,6,13H2,1-5H3. The second-order valence-corrected chi connectivity index (χ2v) is 6.61. The summed E-state index contributed by atoms with van der Waals surface area (Å²) in [6, 6.07) is 5.91. The van der Waals surface area contributed by atoms with E-state index in [1.165, 1.54) is 12.1 Å². The van der Waals surface area contributed by atoms with Crippen LogP contribution in [0, 0.1) is 17.7 Å². The van der Waals surface area contributed by atoms with Crippen molar-refractivity contribution in [2.45, 2.75) is 64.8 Å². The number of rotatable bonds is 5. The van der Waals surface area contributed by atoms with Gasteiger partial charge in [-0.3, -0.25) is 0 Å². The van der Waals surface area contributed by atoms with Crippen LogP contribution < -0.4 is 0 Å². The summed E-state index contributed by atoms with van der Waals surface area (Å²) >= 11 is 0. The van der Waals surface area contributed by atoms with E-state index in [0.717, 1.165) is 0 Å². The van der Waals surface area contributed by atoms with E-state index in [-0.39, 0.29) is 5.82 Å². The lowest BCUT2D eigenvalue weighted by Gasteiger charge is -2.26. The first-order valence-electron chi connectivity index (χ1n) is 7.45. The SMILES string of the molecule is CCC(C)(O)CC(C#Cc1ccc(F)cc1)OOC(C)(C)C. The molecule has 0 bridgehead atoms. The summed E-state index contributed by atoms with van der Waals surface area (Å²) in [5, 5.41) is 10.2. The fourth-order valence-corrected chi connectivity index (χ4v) is 1.55. The van der Waals surface area contributed by atoms with Crippen LogP contribution >= 0.6 is 0 Å². The maximum absolute atomic E-state index is 12.9. The highest BCUT2D eigenvalue weighted by molar-refractivity contribution is 5.34. The minimum absolute atomic E-state index is 0.302. The van der Waals surface area contributed by atoms with E-state index in [0.29, 0.717) is 18.4 Å². The van der Waals surface area contributed by atoms with E-state index in [1.807, 2.05) is 27.7 Å². The van der Waals surface area contributed by atoms with Gasteiger partial charge in [0.15, 0.2) is 6.10 Å². The zero-order chi connectivity index (χ0) is 16.8. The minimum atomic E-state index is -0.886. The molecule has 1 rings (SSSR count). The smallest absolute Gasteiger partial charge is 0.156 e. The Hall–Kier alpha value is -1.41. The van der Waals surface area contributed by atoms with Crippen LogP contribution in [0.4, 0.5) is 4.39 Å². The first kappa shape index (κ1) is 18.6. The van der Waals surface area contributed by atoms with Crippen LogP contribution in [0.3, 0.4) is 0 Å². The first-order valence-corrected chi connectivity index (χ1v) is 7.45. The van der Waals surface area contributed by atoms with Gasteiger partial charge in [0.1, 0.15) is 5.82 Å². The molecule has 0 aliphatic carbocycles.